The van der Waals surface area contributed by atoms with E-state index in [4.69, 9.17) is 0 Å². The summed E-state index contributed by atoms with van der Waals surface area (Å²) in [7, 11) is 1.83. The second kappa shape index (κ2) is 6.80. The molecule has 1 unspecified atom stereocenters. The number of hydrogen-bond acceptors (Lipinski definition) is 5. The van der Waals surface area contributed by atoms with Crippen LogP contribution in [0.2, 0.25) is 0 Å². The van der Waals surface area contributed by atoms with E-state index in [0.717, 1.165) is 31.6 Å². The molecular formula is C16H23N5OS. The minimum Gasteiger partial charge on any atom is -0.333 e. The number of thiophene rings is 1. The molecule has 0 saturated carbocycles. The van der Waals surface area contributed by atoms with Gasteiger partial charge in [0.15, 0.2) is 5.69 Å². The highest BCUT2D eigenvalue weighted by molar-refractivity contribution is 7.10. The van der Waals surface area contributed by atoms with Crippen molar-refractivity contribution >= 4 is 17.2 Å². The Bertz CT molecular complexity index is 660. The van der Waals surface area contributed by atoms with E-state index in [1.54, 1.807) is 16.2 Å². The fourth-order valence-electron chi connectivity index (χ4n) is 3.00. The minimum absolute atomic E-state index is 0.0333. The van der Waals surface area contributed by atoms with E-state index in [-0.39, 0.29) is 11.9 Å². The number of rotatable bonds is 4. The number of piperidine rings is 1. The number of nitrogens with zero attached hydrogens (tertiary/aromatic N) is 4. The molecule has 1 aliphatic heterocycles. The third-order valence-electron chi connectivity index (χ3n) is 4.64. The second-order valence-electron chi connectivity index (χ2n) is 6.06. The summed E-state index contributed by atoms with van der Waals surface area (Å²) in [5, 5.41) is 13.8. The Morgan fingerprint density at radius 3 is 2.87 bits per heavy atom. The molecule has 1 amide bonds. The van der Waals surface area contributed by atoms with Crippen LogP contribution in [0.5, 0.6) is 0 Å². The molecule has 1 aliphatic rings. The summed E-state index contributed by atoms with van der Waals surface area (Å²) in [5.74, 6) is -0.0661. The van der Waals surface area contributed by atoms with Crippen LogP contribution in [0.15, 0.2) is 17.5 Å². The summed E-state index contributed by atoms with van der Waals surface area (Å²) in [6.45, 7) is 5.96. The predicted molar refractivity (Wildman–Crippen MR) is 90.7 cm³/mol. The highest BCUT2D eigenvalue weighted by Crippen LogP contribution is 2.26. The Balaban J connectivity index is 1.78. The van der Waals surface area contributed by atoms with Crippen LogP contribution in [0, 0.1) is 6.92 Å². The van der Waals surface area contributed by atoms with Crippen LogP contribution in [0.3, 0.4) is 0 Å². The third-order valence-corrected chi connectivity index (χ3v) is 5.68. The molecule has 1 N–H and O–H groups in total. The molecule has 0 radical (unpaired) electrons. The lowest BCUT2D eigenvalue weighted by atomic mass is 10.1. The van der Waals surface area contributed by atoms with E-state index in [1.807, 2.05) is 37.0 Å². The first-order valence-corrected chi connectivity index (χ1v) is 8.90. The van der Waals surface area contributed by atoms with E-state index in [9.17, 15) is 4.79 Å². The summed E-state index contributed by atoms with van der Waals surface area (Å²) in [6.07, 6.45) is 2.05. The molecule has 6 nitrogen and oxygen atoms in total. The first-order chi connectivity index (χ1) is 11.1. The van der Waals surface area contributed by atoms with Gasteiger partial charge in [-0.15, -0.1) is 16.4 Å². The number of hydrogen-bond donors (Lipinski definition) is 1. The monoisotopic (exact) mass is 333 g/mol. The van der Waals surface area contributed by atoms with Crippen LogP contribution in [-0.4, -0.2) is 45.9 Å². The van der Waals surface area contributed by atoms with Gasteiger partial charge in [0.1, 0.15) is 0 Å². The van der Waals surface area contributed by atoms with Gasteiger partial charge < -0.3 is 10.2 Å². The van der Waals surface area contributed by atoms with Gasteiger partial charge >= 0.3 is 0 Å². The lowest BCUT2D eigenvalue weighted by molar-refractivity contribution is 0.0738. The maximum Gasteiger partial charge on any atom is 0.276 e. The van der Waals surface area contributed by atoms with Gasteiger partial charge in [-0.1, -0.05) is 11.3 Å². The van der Waals surface area contributed by atoms with E-state index in [0.29, 0.717) is 11.7 Å². The zero-order valence-electron chi connectivity index (χ0n) is 13.8. The van der Waals surface area contributed by atoms with Gasteiger partial charge in [-0.3, -0.25) is 4.79 Å². The topological polar surface area (TPSA) is 63.1 Å². The summed E-state index contributed by atoms with van der Waals surface area (Å²) < 4.78 is 1.93. The van der Waals surface area contributed by atoms with Crippen LogP contribution in [0.25, 0.3) is 0 Å². The van der Waals surface area contributed by atoms with Crippen LogP contribution >= 0.6 is 11.3 Å². The maximum absolute atomic E-state index is 12.8. The Kier molecular flexibility index (Phi) is 4.77. The number of nitrogens with one attached hydrogen (secondary N) is 1. The molecule has 0 aliphatic carbocycles. The van der Waals surface area contributed by atoms with Crippen LogP contribution in [0.4, 0.5) is 0 Å². The molecule has 1 saturated heterocycles. The minimum atomic E-state index is -0.0661. The van der Waals surface area contributed by atoms with E-state index < -0.39 is 0 Å². The van der Waals surface area contributed by atoms with Crippen molar-refractivity contribution in [3.05, 3.63) is 33.8 Å². The van der Waals surface area contributed by atoms with Gasteiger partial charge in [-0.25, -0.2) is 4.68 Å². The summed E-state index contributed by atoms with van der Waals surface area (Å²) in [6, 6.07) is 4.43. The highest BCUT2D eigenvalue weighted by Gasteiger charge is 2.27. The molecular weight excluding hydrogens is 310 g/mol. The van der Waals surface area contributed by atoms with Crippen molar-refractivity contribution in [2.24, 2.45) is 0 Å². The van der Waals surface area contributed by atoms with Crippen LogP contribution in [-0.2, 0) is 0 Å². The molecule has 124 valence electrons. The Morgan fingerprint density at radius 1 is 1.48 bits per heavy atom. The average Bonchev–Trinajstić information content (AvgIpc) is 3.23. The lowest BCUT2D eigenvalue weighted by Gasteiger charge is -2.24. The van der Waals surface area contributed by atoms with Gasteiger partial charge in [0.2, 0.25) is 0 Å². The summed E-state index contributed by atoms with van der Waals surface area (Å²) in [4.78, 5) is 15.7. The van der Waals surface area contributed by atoms with Gasteiger partial charge in [0, 0.05) is 11.9 Å². The molecule has 0 aromatic carbocycles. The molecule has 2 aromatic rings. The molecule has 23 heavy (non-hydrogen) atoms. The molecule has 2 aromatic heterocycles. The zero-order chi connectivity index (χ0) is 16.4. The van der Waals surface area contributed by atoms with Crippen LogP contribution < -0.4 is 5.32 Å². The fraction of sp³-hybridized carbons (Fsp3) is 0.562. The first-order valence-electron chi connectivity index (χ1n) is 8.02. The number of carbonyl (C=O) groups is 1. The van der Waals surface area contributed by atoms with Crippen molar-refractivity contribution in [2.75, 3.05) is 20.1 Å². The van der Waals surface area contributed by atoms with Gasteiger partial charge in [0.25, 0.3) is 5.91 Å². The first kappa shape index (κ1) is 16.1. The van der Waals surface area contributed by atoms with Crippen molar-refractivity contribution in [1.29, 1.82) is 0 Å². The maximum atomic E-state index is 12.8. The lowest BCUT2D eigenvalue weighted by Crippen LogP contribution is -2.31. The van der Waals surface area contributed by atoms with E-state index >= 15 is 0 Å². The summed E-state index contributed by atoms with van der Waals surface area (Å²) in [5.41, 5.74) is 1.33. The Morgan fingerprint density at radius 2 is 2.22 bits per heavy atom. The molecule has 0 spiro atoms. The fourth-order valence-corrected chi connectivity index (χ4v) is 3.83. The van der Waals surface area contributed by atoms with Crippen molar-refractivity contribution in [3.8, 4) is 0 Å². The molecule has 3 rings (SSSR count). The van der Waals surface area contributed by atoms with Crippen molar-refractivity contribution < 1.29 is 4.79 Å². The summed E-state index contributed by atoms with van der Waals surface area (Å²) >= 11 is 1.66. The smallest absolute Gasteiger partial charge is 0.276 e. The Hall–Kier alpha value is -1.73. The standard InChI is InChI=1S/C16H23N5OS/c1-11(14-5-4-10-23-14)20(3)16(22)15-12(2)21(19-18-15)13-6-8-17-9-7-13/h4-5,10-11,13,17H,6-9H2,1-3H3. The third kappa shape index (κ3) is 3.16. The molecule has 7 heteroatoms. The normalized spacial score (nSPS) is 17.2. The molecule has 3 heterocycles. The average molecular weight is 333 g/mol. The van der Waals surface area contributed by atoms with Crippen molar-refractivity contribution in [2.45, 2.75) is 38.8 Å². The highest BCUT2D eigenvalue weighted by atomic mass is 32.1. The Labute approximate surface area is 140 Å². The van der Waals surface area contributed by atoms with E-state index in [1.165, 1.54) is 4.88 Å². The quantitative estimate of drug-likeness (QED) is 0.933. The molecule has 0 bridgehead atoms. The van der Waals surface area contributed by atoms with Crippen molar-refractivity contribution in [1.82, 2.24) is 25.2 Å². The largest absolute Gasteiger partial charge is 0.333 e. The van der Waals surface area contributed by atoms with Crippen molar-refractivity contribution in [3.63, 3.8) is 0 Å². The SMILES string of the molecule is Cc1c(C(=O)N(C)C(C)c2cccs2)nnn1C1CCNCC1. The van der Waals surface area contributed by atoms with Gasteiger partial charge in [-0.05, 0) is 51.2 Å². The second-order valence-corrected chi connectivity index (χ2v) is 7.04. The number of aromatic nitrogens is 3. The van der Waals surface area contributed by atoms with E-state index in [2.05, 4.69) is 21.7 Å². The predicted octanol–water partition coefficient (Wildman–Crippen LogP) is 2.41. The van der Waals surface area contributed by atoms with Crippen LogP contribution in [0.1, 0.15) is 52.9 Å². The number of amides is 1. The molecule has 1 fully saturated rings. The van der Waals surface area contributed by atoms with Gasteiger partial charge in [-0.2, -0.15) is 0 Å². The number of carbonyl (C=O) groups excluding carboxylic acids is 1. The molecule has 1 atom stereocenters. The van der Waals surface area contributed by atoms with Gasteiger partial charge in [0.05, 0.1) is 17.8 Å². The zero-order valence-corrected chi connectivity index (χ0v) is 14.6.